The van der Waals surface area contributed by atoms with Crippen molar-refractivity contribution in [2.24, 2.45) is 0 Å². The summed E-state index contributed by atoms with van der Waals surface area (Å²) in [6.45, 7) is 1.65. The highest BCUT2D eigenvalue weighted by atomic mass is 32.2. The van der Waals surface area contributed by atoms with Crippen molar-refractivity contribution in [3.05, 3.63) is 69.4 Å². The predicted octanol–water partition coefficient (Wildman–Crippen LogP) is 3.38. The van der Waals surface area contributed by atoms with Gasteiger partial charge in [-0.2, -0.15) is 0 Å². The molecule has 0 radical (unpaired) electrons. The zero-order chi connectivity index (χ0) is 24.2. The molecular formula is C23H22N4O5S2. The van der Waals surface area contributed by atoms with Crippen LogP contribution in [0.1, 0.15) is 6.92 Å². The lowest BCUT2D eigenvalue weighted by molar-refractivity contribution is -0.116. The Labute approximate surface area is 203 Å². The molecule has 0 spiro atoms. The van der Waals surface area contributed by atoms with Crippen LogP contribution in [0.4, 0.5) is 5.69 Å². The van der Waals surface area contributed by atoms with E-state index in [-0.39, 0.29) is 12.2 Å². The fraction of sp³-hybridized carbons (Fsp3) is 0.217. The highest BCUT2D eigenvalue weighted by Gasteiger charge is 2.21. The third kappa shape index (κ3) is 4.57. The van der Waals surface area contributed by atoms with E-state index in [4.69, 9.17) is 9.47 Å². The number of carbonyl (C=O) groups is 1. The molecule has 0 atom stereocenters. The minimum Gasteiger partial charge on any atom is -0.493 e. The number of methoxy groups -OCH3 is 2. The fourth-order valence-electron chi connectivity index (χ4n) is 3.41. The minimum atomic E-state index is -0.635. The van der Waals surface area contributed by atoms with Gasteiger partial charge in [-0.15, -0.1) is 11.3 Å². The van der Waals surface area contributed by atoms with Gasteiger partial charge in [-0.1, -0.05) is 36.9 Å². The molecule has 11 heteroatoms. The van der Waals surface area contributed by atoms with Crippen LogP contribution in [-0.2, 0) is 11.3 Å². The van der Waals surface area contributed by atoms with E-state index >= 15 is 0 Å². The number of nitrogens with one attached hydrogen (secondary N) is 1. The van der Waals surface area contributed by atoms with E-state index in [0.717, 1.165) is 10.3 Å². The second-order valence-electron chi connectivity index (χ2n) is 7.03. The largest absolute Gasteiger partial charge is 0.493 e. The molecule has 176 valence electrons. The number of thioether (sulfide) groups is 1. The molecular weight excluding hydrogens is 476 g/mol. The highest BCUT2D eigenvalue weighted by molar-refractivity contribution is 8.01. The van der Waals surface area contributed by atoms with Gasteiger partial charge in [-0.05, 0) is 30.0 Å². The summed E-state index contributed by atoms with van der Waals surface area (Å²) >= 11 is 2.69. The summed E-state index contributed by atoms with van der Waals surface area (Å²) < 4.78 is 13.8. The number of ether oxygens (including phenoxy) is 2. The molecule has 0 aliphatic carbocycles. The molecule has 4 aromatic rings. The Bertz CT molecular complexity index is 1460. The normalized spacial score (nSPS) is 10.9. The molecule has 0 fully saturated rings. The monoisotopic (exact) mass is 498 g/mol. The van der Waals surface area contributed by atoms with Crippen molar-refractivity contribution < 1.29 is 14.3 Å². The van der Waals surface area contributed by atoms with Gasteiger partial charge in [0, 0.05) is 11.8 Å². The molecule has 1 N–H and O–H groups in total. The molecule has 2 aromatic heterocycles. The van der Waals surface area contributed by atoms with Gasteiger partial charge >= 0.3 is 5.69 Å². The smallest absolute Gasteiger partial charge is 0.337 e. The van der Waals surface area contributed by atoms with Gasteiger partial charge in [0.15, 0.2) is 21.5 Å². The number of nitrogens with zero attached hydrogens (tertiary/aromatic N) is 3. The standard InChI is InChI=1S/C23H22N4O5S2/c1-4-33-22-25-20-19(34-22)21(29)27(15-8-6-5-7-9-15)23(30)26(20)13-18(28)24-14-10-11-16(31-2)17(12-14)32-3/h5-12H,4,13H2,1-3H3,(H,24,28). The zero-order valence-electron chi connectivity index (χ0n) is 18.7. The number of aromatic nitrogens is 3. The Morgan fingerprint density at radius 1 is 1.09 bits per heavy atom. The van der Waals surface area contributed by atoms with Crippen molar-refractivity contribution >= 4 is 45.0 Å². The van der Waals surface area contributed by atoms with Crippen molar-refractivity contribution in [2.45, 2.75) is 17.8 Å². The van der Waals surface area contributed by atoms with E-state index < -0.39 is 17.2 Å². The molecule has 0 saturated heterocycles. The molecule has 1 amide bonds. The van der Waals surface area contributed by atoms with Crippen LogP contribution in [0.2, 0.25) is 0 Å². The van der Waals surface area contributed by atoms with Crippen LogP contribution in [0, 0.1) is 0 Å². The van der Waals surface area contributed by atoms with Crippen molar-refractivity contribution in [1.82, 2.24) is 14.1 Å². The molecule has 2 aromatic carbocycles. The van der Waals surface area contributed by atoms with Crippen molar-refractivity contribution in [3.8, 4) is 17.2 Å². The quantitative estimate of drug-likeness (QED) is 0.371. The van der Waals surface area contributed by atoms with Gasteiger partial charge in [-0.25, -0.2) is 14.3 Å². The van der Waals surface area contributed by atoms with E-state index in [2.05, 4.69) is 10.3 Å². The molecule has 4 rings (SSSR count). The molecule has 0 aliphatic rings. The van der Waals surface area contributed by atoms with Gasteiger partial charge in [0.1, 0.15) is 11.2 Å². The summed E-state index contributed by atoms with van der Waals surface area (Å²) in [5.41, 5.74) is 0.00803. The highest BCUT2D eigenvalue weighted by Crippen LogP contribution is 2.30. The average molecular weight is 499 g/mol. The fourth-order valence-corrected chi connectivity index (χ4v) is 5.38. The third-order valence-corrected chi connectivity index (χ3v) is 6.97. The van der Waals surface area contributed by atoms with Crippen LogP contribution in [0.5, 0.6) is 11.5 Å². The molecule has 0 bridgehead atoms. The number of thiazole rings is 1. The average Bonchev–Trinajstić information content (AvgIpc) is 3.27. The Morgan fingerprint density at radius 3 is 2.50 bits per heavy atom. The number of amides is 1. The first kappa shape index (κ1) is 23.6. The molecule has 0 unspecified atom stereocenters. The topological polar surface area (TPSA) is 104 Å². The van der Waals surface area contributed by atoms with Gasteiger partial charge in [0.05, 0.1) is 19.9 Å². The number of hydrogen-bond acceptors (Lipinski definition) is 8. The van der Waals surface area contributed by atoms with Crippen molar-refractivity contribution in [2.75, 3.05) is 25.3 Å². The summed E-state index contributed by atoms with van der Waals surface area (Å²) in [5, 5.41) is 2.76. The SMILES string of the molecule is CCSc1nc2c(s1)c(=O)n(-c1ccccc1)c(=O)n2CC(=O)Nc1ccc(OC)c(OC)c1. The second kappa shape index (κ2) is 10.1. The summed E-state index contributed by atoms with van der Waals surface area (Å²) in [6.07, 6.45) is 0. The van der Waals surface area contributed by atoms with Crippen LogP contribution in [0.25, 0.3) is 16.0 Å². The van der Waals surface area contributed by atoms with E-state index in [9.17, 15) is 14.4 Å². The number of fused-ring (bicyclic) bond motifs is 1. The zero-order valence-corrected chi connectivity index (χ0v) is 20.4. The van der Waals surface area contributed by atoms with Crippen molar-refractivity contribution in [3.63, 3.8) is 0 Å². The van der Waals surface area contributed by atoms with Gasteiger partial charge in [0.2, 0.25) is 5.91 Å². The molecule has 9 nitrogen and oxygen atoms in total. The number of hydrogen-bond donors (Lipinski definition) is 1. The van der Waals surface area contributed by atoms with E-state index in [1.165, 1.54) is 41.9 Å². The molecule has 0 aliphatic heterocycles. The van der Waals surface area contributed by atoms with E-state index in [0.29, 0.717) is 31.9 Å². The maximum atomic E-state index is 13.4. The van der Waals surface area contributed by atoms with Crippen LogP contribution in [-0.4, -0.2) is 40.0 Å². The number of para-hydroxylation sites is 1. The number of anilines is 1. The number of carbonyl (C=O) groups excluding carboxylic acids is 1. The Balaban J connectivity index is 1.77. The Hall–Kier alpha value is -3.57. The maximum absolute atomic E-state index is 13.4. The number of rotatable bonds is 8. The first-order valence-electron chi connectivity index (χ1n) is 10.3. The minimum absolute atomic E-state index is 0.200. The van der Waals surface area contributed by atoms with Gasteiger partial charge < -0.3 is 14.8 Å². The van der Waals surface area contributed by atoms with Crippen LogP contribution >= 0.6 is 23.1 Å². The molecule has 2 heterocycles. The van der Waals surface area contributed by atoms with E-state index in [1.807, 2.05) is 6.92 Å². The summed E-state index contributed by atoms with van der Waals surface area (Å²) in [5.74, 6) is 1.29. The Kier molecular flexibility index (Phi) is 7.03. The lowest BCUT2D eigenvalue weighted by Gasteiger charge is -2.13. The summed E-state index contributed by atoms with van der Waals surface area (Å²) in [4.78, 5) is 44.0. The third-order valence-electron chi connectivity index (χ3n) is 4.92. The van der Waals surface area contributed by atoms with Crippen molar-refractivity contribution in [1.29, 1.82) is 0 Å². The summed E-state index contributed by atoms with van der Waals surface area (Å²) in [7, 11) is 3.02. The maximum Gasteiger partial charge on any atom is 0.337 e. The summed E-state index contributed by atoms with van der Waals surface area (Å²) in [6, 6.07) is 13.6. The lowest BCUT2D eigenvalue weighted by Crippen LogP contribution is -2.40. The lowest BCUT2D eigenvalue weighted by atomic mass is 10.2. The first-order chi connectivity index (χ1) is 16.5. The van der Waals surface area contributed by atoms with Crippen LogP contribution in [0.3, 0.4) is 0 Å². The molecule has 0 saturated carbocycles. The van der Waals surface area contributed by atoms with Gasteiger partial charge in [0.25, 0.3) is 5.56 Å². The Morgan fingerprint density at radius 2 is 1.82 bits per heavy atom. The van der Waals surface area contributed by atoms with E-state index in [1.54, 1.807) is 48.5 Å². The number of benzene rings is 2. The molecule has 34 heavy (non-hydrogen) atoms. The van der Waals surface area contributed by atoms with Crippen LogP contribution < -0.4 is 26.0 Å². The second-order valence-corrected chi connectivity index (χ2v) is 9.54. The predicted molar refractivity (Wildman–Crippen MR) is 134 cm³/mol. The first-order valence-corrected chi connectivity index (χ1v) is 12.1. The van der Waals surface area contributed by atoms with Gasteiger partial charge in [-0.3, -0.25) is 14.2 Å². The van der Waals surface area contributed by atoms with Crippen LogP contribution in [0.15, 0.2) is 62.5 Å².